The second-order valence-corrected chi connectivity index (χ2v) is 6.93. The summed E-state index contributed by atoms with van der Waals surface area (Å²) in [4.78, 5) is 0. The Balaban J connectivity index is 2.20. The average molecular weight is 257 g/mol. The molecule has 94 valence electrons. The van der Waals surface area contributed by atoms with E-state index in [2.05, 4.69) is 0 Å². The Morgan fingerprint density at radius 1 is 1.47 bits per heavy atom. The third kappa shape index (κ3) is 2.66. The van der Waals surface area contributed by atoms with E-state index in [4.69, 9.17) is 5.73 Å². The molecule has 1 fully saturated rings. The normalized spacial score (nSPS) is 24.8. The number of nitrogens with two attached hydrogens (primary N) is 1. The maximum atomic E-state index is 13.1. The van der Waals surface area contributed by atoms with Crippen LogP contribution in [-0.2, 0) is 9.84 Å². The van der Waals surface area contributed by atoms with Crippen molar-refractivity contribution in [2.75, 3.05) is 11.5 Å². The van der Waals surface area contributed by atoms with E-state index < -0.39 is 9.84 Å². The molecule has 1 aromatic rings. The molecule has 1 saturated heterocycles. The molecule has 1 aliphatic rings. The lowest BCUT2D eigenvalue weighted by Crippen LogP contribution is -2.22. The highest BCUT2D eigenvalue weighted by molar-refractivity contribution is 7.91. The summed E-state index contributed by atoms with van der Waals surface area (Å²) >= 11 is 0. The second kappa shape index (κ2) is 4.38. The summed E-state index contributed by atoms with van der Waals surface area (Å²) < 4.78 is 35.9. The van der Waals surface area contributed by atoms with Crippen LogP contribution in [0.3, 0.4) is 0 Å². The zero-order valence-corrected chi connectivity index (χ0v) is 10.5. The van der Waals surface area contributed by atoms with Gasteiger partial charge in [0, 0.05) is 6.04 Å². The first-order valence-electron chi connectivity index (χ1n) is 5.61. The quantitative estimate of drug-likeness (QED) is 0.874. The molecule has 0 aromatic heterocycles. The lowest BCUT2D eigenvalue weighted by Gasteiger charge is -2.18. The van der Waals surface area contributed by atoms with E-state index in [0.717, 1.165) is 5.56 Å². The van der Waals surface area contributed by atoms with Crippen LogP contribution in [0.4, 0.5) is 4.39 Å². The third-order valence-corrected chi connectivity index (χ3v) is 5.14. The lowest BCUT2D eigenvalue weighted by atomic mass is 9.92. The van der Waals surface area contributed by atoms with Gasteiger partial charge < -0.3 is 5.73 Å². The Kier molecular flexibility index (Phi) is 3.23. The van der Waals surface area contributed by atoms with Gasteiger partial charge in [0.15, 0.2) is 9.84 Å². The Hall–Kier alpha value is -0.940. The predicted molar refractivity (Wildman–Crippen MR) is 64.8 cm³/mol. The molecule has 1 heterocycles. The van der Waals surface area contributed by atoms with Crippen LogP contribution in [0.2, 0.25) is 0 Å². The van der Waals surface area contributed by atoms with Gasteiger partial charge in [-0.2, -0.15) is 0 Å². The Morgan fingerprint density at radius 3 is 2.71 bits per heavy atom. The highest BCUT2D eigenvalue weighted by Crippen LogP contribution is 2.30. The van der Waals surface area contributed by atoms with Crippen molar-refractivity contribution < 1.29 is 12.8 Å². The van der Waals surface area contributed by atoms with Crippen molar-refractivity contribution in [2.24, 2.45) is 11.7 Å². The van der Waals surface area contributed by atoms with Crippen molar-refractivity contribution in [3.8, 4) is 0 Å². The van der Waals surface area contributed by atoms with Gasteiger partial charge in [0.1, 0.15) is 5.82 Å². The van der Waals surface area contributed by atoms with Crippen LogP contribution in [0.1, 0.15) is 23.6 Å². The van der Waals surface area contributed by atoms with Gasteiger partial charge in [-0.25, -0.2) is 12.8 Å². The van der Waals surface area contributed by atoms with Gasteiger partial charge in [0.25, 0.3) is 0 Å². The van der Waals surface area contributed by atoms with E-state index in [1.807, 2.05) is 0 Å². The number of rotatable bonds is 2. The van der Waals surface area contributed by atoms with E-state index in [1.54, 1.807) is 19.1 Å². The second-order valence-electron chi connectivity index (χ2n) is 4.70. The van der Waals surface area contributed by atoms with Gasteiger partial charge in [-0.05, 0) is 36.5 Å². The van der Waals surface area contributed by atoms with Crippen LogP contribution in [0, 0.1) is 18.7 Å². The molecule has 2 rings (SSSR count). The lowest BCUT2D eigenvalue weighted by molar-refractivity contribution is 0.478. The fraction of sp³-hybridized carbons (Fsp3) is 0.500. The molecular weight excluding hydrogens is 241 g/mol. The first-order valence-corrected chi connectivity index (χ1v) is 7.43. The zero-order valence-electron chi connectivity index (χ0n) is 9.69. The average Bonchev–Trinajstić information content (AvgIpc) is 2.62. The third-order valence-electron chi connectivity index (χ3n) is 3.34. The molecular formula is C12H16FNO2S. The minimum atomic E-state index is -2.92. The van der Waals surface area contributed by atoms with Crippen LogP contribution in [0.5, 0.6) is 0 Å². The standard InChI is InChI=1S/C12H16FNO2S/c1-8-6-9(2-3-11(8)13)12(14)10-4-5-17(15,16)7-10/h2-3,6,10,12H,4-5,7,14H2,1H3. The number of halogens is 1. The van der Waals surface area contributed by atoms with E-state index in [-0.39, 0.29) is 29.3 Å². The van der Waals surface area contributed by atoms with Gasteiger partial charge >= 0.3 is 0 Å². The summed E-state index contributed by atoms with van der Waals surface area (Å²) in [6, 6.07) is 4.39. The summed E-state index contributed by atoms with van der Waals surface area (Å²) in [5.41, 5.74) is 7.41. The molecule has 2 unspecified atom stereocenters. The molecule has 0 radical (unpaired) electrons. The van der Waals surface area contributed by atoms with Crippen LogP contribution >= 0.6 is 0 Å². The molecule has 2 atom stereocenters. The zero-order chi connectivity index (χ0) is 12.6. The van der Waals surface area contributed by atoms with Gasteiger partial charge in [0.05, 0.1) is 11.5 Å². The van der Waals surface area contributed by atoms with Crippen molar-refractivity contribution >= 4 is 9.84 Å². The van der Waals surface area contributed by atoms with E-state index in [1.165, 1.54) is 6.07 Å². The molecule has 2 N–H and O–H groups in total. The molecule has 0 spiro atoms. The number of hydrogen-bond acceptors (Lipinski definition) is 3. The van der Waals surface area contributed by atoms with Crippen LogP contribution in [-0.4, -0.2) is 19.9 Å². The van der Waals surface area contributed by atoms with Gasteiger partial charge in [-0.1, -0.05) is 12.1 Å². The van der Waals surface area contributed by atoms with E-state index >= 15 is 0 Å². The Bertz CT molecular complexity index is 527. The monoisotopic (exact) mass is 257 g/mol. The van der Waals surface area contributed by atoms with E-state index in [0.29, 0.717) is 12.0 Å². The Labute approximate surface area is 101 Å². The summed E-state index contributed by atoms with van der Waals surface area (Å²) in [6.45, 7) is 1.68. The predicted octanol–water partition coefficient (Wildman–Crippen LogP) is 1.57. The Morgan fingerprint density at radius 2 is 2.18 bits per heavy atom. The van der Waals surface area contributed by atoms with E-state index in [9.17, 15) is 12.8 Å². The molecule has 0 amide bonds. The fourth-order valence-electron chi connectivity index (χ4n) is 2.25. The van der Waals surface area contributed by atoms with Crippen LogP contribution in [0.15, 0.2) is 18.2 Å². The molecule has 3 nitrogen and oxygen atoms in total. The number of hydrogen-bond donors (Lipinski definition) is 1. The molecule has 0 saturated carbocycles. The smallest absolute Gasteiger partial charge is 0.150 e. The summed E-state index contributed by atoms with van der Waals surface area (Å²) in [5, 5.41) is 0. The van der Waals surface area contributed by atoms with Gasteiger partial charge in [-0.3, -0.25) is 0 Å². The first kappa shape index (κ1) is 12.5. The fourth-order valence-corrected chi connectivity index (χ4v) is 4.11. The SMILES string of the molecule is Cc1cc(C(N)C2CCS(=O)(=O)C2)ccc1F. The molecule has 1 aliphatic heterocycles. The largest absolute Gasteiger partial charge is 0.324 e. The van der Waals surface area contributed by atoms with Crippen molar-refractivity contribution in [1.29, 1.82) is 0 Å². The number of aryl methyl sites for hydroxylation is 1. The number of sulfone groups is 1. The van der Waals surface area contributed by atoms with Gasteiger partial charge in [-0.15, -0.1) is 0 Å². The summed E-state index contributed by atoms with van der Waals surface area (Å²) in [6.07, 6.45) is 0.597. The summed E-state index contributed by atoms with van der Waals surface area (Å²) in [5.74, 6) is 0.0423. The summed E-state index contributed by atoms with van der Waals surface area (Å²) in [7, 11) is -2.92. The van der Waals surface area contributed by atoms with Crippen molar-refractivity contribution in [3.05, 3.63) is 35.1 Å². The maximum absolute atomic E-state index is 13.1. The molecule has 5 heteroatoms. The van der Waals surface area contributed by atoms with Crippen molar-refractivity contribution in [1.82, 2.24) is 0 Å². The first-order chi connectivity index (χ1) is 7.89. The maximum Gasteiger partial charge on any atom is 0.150 e. The van der Waals surface area contributed by atoms with Crippen molar-refractivity contribution in [2.45, 2.75) is 19.4 Å². The molecule has 1 aromatic carbocycles. The minimum Gasteiger partial charge on any atom is -0.324 e. The minimum absolute atomic E-state index is 0.0511. The van der Waals surface area contributed by atoms with Crippen molar-refractivity contribution in [3.63, 3.8) is 0 Å². The van der Waals surface area contributed by atoms with Gasteiger partial charge in [0.2, 0.25) is 0 Å². The number of benzene rings is 1. The van der Waals surface area contributed by atoms with Crippen LogP contribution < -0.4 is 5.73 Å². The highest BCUT2D eigenvalue weighted by Gasteiger charge is 2.32. The molecule has 0 aliphatic carbocycles. The molecule has 17 heavy (non-hydrogen) atoms. The molecule has 0 bridgehead atoms. The topological polar surface area (TPSA) is 60.2 Å². The van der Waals surface area contributed by atoms with Crippen LogP contribution in [0.25, 0.3) is 0 Å². The highest BCUT2D eigenvalue weighted by atomic mass is 32.2.